The maximum atomic E-state index is 2.50. The monoisotopic (exact) mass is 214 g/mol. The normalized spacial score (nSPS) is 15.4. The standard InChI is InChI=1S/C16H22/c1-3-9-15(10-4-1)11-5-2-6-12-16-13-7-8-14-16/h1,3-4,9-10,12H,2,5-8,11,13-14H2. The Balaban J connectivity index is 1.60. The first kappa shape index (κ1) is 11.4. The van der Waals surface area contributed by atoms with Crippen LogP contribution >= 0.6 is 0 Å². The third-order valence-electron chi connectivity index (χ3n) is 3.44. The van der Waals surface area contributed by atoms with Crippen molar-refractivity contribution in [2.75, 3.05) is 0 Å². The molecule has 0 aromatic heterocycles. The van der Waals surface area contributed by atoms with Crippen molar-refractivity contribution in [2.24, 2.45) is 0 Å². The molecule has 16 heavy (non-hydrogen) atoms. The largest absolute Gasteiger partial charge is 0.0853 e. The van der Waals surface area contributed by atoms with Crippen molar-refractivity contribution in [3.05, 3.63) is 47.5 Å². The molecular formula is C16H22. The fourth-order valence-electron chi connectivity index (χ4n) is 2.46. The first-order valence-electron chi connectivity index (χ1n) is 6.67. The predicted octanol–water partition coefficient (Wildman–Crippen LogP) is 4.90. The number of aryl methyl sites for hydroxylation is 1. The highest BCUT2D eigenvalue weighted by atomic mass is 14.1. The van der Waals surface area contributed by atoms with Gasteiger partial charge in [0.1, 0.15) is 0 Å². The average Bonchev–Trinajstić information content (AvgIpc) is 2.83. The Kier molecular flexibility index (Phi) is 4.67. The molecule has 0 amide bonds. The van der Waals surface area contributed by atoms with E-state index >= 15 is 0 Å². The van der Waals surface area contributed by atoms with Crippen LogP contribution in [0.4, 0.5) is 0 Å². The third kappa shape index (κ3) is 3.84. The third-order valence-corrected chi connectivity index (χ3v) is 3.44. The molecule has 1 aromatic rings. The molecule has 0 spiro atoms. The van der Waals surface area contributed by atoms with Crippen molar-refractivity contribution in [1.82, 2.24) is 0 Å². The van der Waals surface area contributed by atoms with E-state index in [1.165, 1.54) is 56.9 Å². The fraction of sp³-hybridized carbons (Fsp3) is 0.500. The minimum absolute atomic E-state index is 1.24. The number of hydrogen-bond donors (Lipinski definition) is 0. The molecule has 0 aliphatic heterocycles. The molecule has 86 valence electrons. The molecule has 0 atom stereocenters. The molecular weight excluding hydrogens is 192 g/mol. The van der Waals surface area contributed by atoms with Crippen molar-refractivity contribution in [3.63, 3.8) is 0 Å². The molecule has 1 saturated carbocycles. The van der Waals surface area contributed by atoms with E-state index in [0.717, 1.165) is 0 Å². The van der Waals surface area contributed by atoms with Crippen molar-refractivity contribution >= 4 is 0 Å². The molecule has 1 aliphatic rings. The van der Waals surface area contributed by atoms with Crippen LogP contribution in [0.5, 0.6) is 0 Å². The average molecular weight is 214 g/mol. The molecule has 0 bridgehead atoms. The van der Waals surface area contributed by atoms with Gasteiger partial charge in [-0.2, -0.15) is 0 Å². The second-order valence-electron chi connectivity index (χ2n) is 4.80. The van der Waals surface area contributed by atoms with Crippen LogP contribution in [0.1, 0.15) is 50.5 Å². The van der Waals surface area contributed by atoms with Gasteiger partial charge in [-0.25, -0.2) is 0 Å². The number of allylic oxidation sites excluding steroid dienone is 2. The van der Waals surface area contributed by atoms with E-state index in [-0.39, 0.29) is 0 Å². The second-order valence-corrected chi connectivity index (χ2v) is 4.80. The molecule has 1 aliphatic carbocycles. The summed E-state index contributed by atoms with van der Waals surface area (Å²) in [5.41, 5.74) is 3.20. The van der Waals surface area contributed by atoms with Crippen LogP contribution < -0.4 is 0 Å². The van der Waals surface area contributed by atoms with Gasteiger partial charge in [0.05, 0.1) is 0 Å². The lowest BCUT2D eigenvalue weighted by Crippen LogP contribution is -1.84. The molecule has 0 saturated heterocycles. The highest BCUT2D eigenvalue weighted by Crippen LogP contribution is 2.24. The van der Waals surface area contributed by atoms with Gasteiger partial charge in [-0.3, -0.25) is 0 Å². The number of hydrogen-bond acceptors (Lipinski definition) is 0. The van der Waals surface area contributed by atoms with Gasteiger partial charge < -0.3 is 0 Å². The van der Waals surface area contributed by atoms with E-state index in [4.69, 9.17) is 0 Å². The molecule has 0 heterocycles. The van der Waals surface area contributed by atoms with Crippen molar-refractivity contribution < 1.29 is 0 Å². The van der Waals surface area contributed by atoms with Crippen molar-refractivity contribution in [3.8, 4) is 0 Å². The Hall–Kier alpha value is -1.04. The van der Waals surface area contributed by atoms with Gasteiger partial charge in [-0.15, -0.1) is 0 Å². The van der Waals surface area contributed by atoms with Crippen LogP contribution in [0.25, 0.3) is 0 Å². The number of unbranched alkanes of at least 4 members (excludes halogenated alkanes) is 2. The zero-order valence-corrected chi connectivity index (χ0v) is 10.1. The molecule has 2 rings (SSSR count). The zero-order valence-electron chi connectivity index (χ0n) is 10.1. The van der Waals surface area contributed by atoms with Crippen LogP contribution in [0, 0.1) is 0 Å². The SMILES string of the molecule is C(CCCCc1ccccc1)=C1CCCC1. The number of benzene rings is 1. The Labute approximate surface area is 99.4 Å². The summed E-state index contributed by atoms with van der Waals surface area (Å²) in [5.74, 6) is 0. The summed E-state index contributed by atoms with van der Waals surface area (Å²) in [6.07, 6.45) is 13.3. The molecule has 0 heteroatoms. The molecule has 0 radical (unpaired) electrons. The summed E-state index contributed by atoms with van der Waals surface area (Å²) in [6.45, 7) is 0. The summed E-state index contributed by atoms with van der Waals surface area (Å²) in [5, 5.41) is 0. The van der Waals surface area contributed by atoms with E-state index < -0.39 is 0 Å². The highest BCUT2D eigenvalue weighted by molar-refractivity contribution is 5.14. The van der Waals surface area contributed by atoms with Gasteiger partial charge >= 0.3 is 0 Å². The summed E-state index contributed by atoms with van der Waals surface area (Å²) in [7, 11) is 0. The van der Waals surface area contributed by atoms with Gasteiger partial charge in [0.25, 0.3) is 0 Å². The lowest BCUT2D eigenvalue weighted by atomic mass is 10.1. The molecule has 1 aromatic carbocycles. The first-order valence-corrected chi connectivity index (χ1v) is 6.67. The smallest absolute Gasteiger partial charge is 0.0279 e. The lowest BCUT2D eigenvalue weighted by Gasteiger charge is -2.00. The number of rotatable bonds is 5. The van der Waals surface area contributed by atoms with E-state index in [1.54, 1.807) is 5.57 Å². The maximum Gasteiger partial charge on any atom is -0.0279 e. The zero-order chi connectivity index (χ0) is 11.1. The van der Waals surface area contributed by atoms with Crippen LogP contribution in [-0.4, -0.2) is 0 Å². The Morgan fingerprint density at radius 2 is 1.69 bits per heavy atom. The Bertz CT molecular complexity index is 313. The van der Waals surface area contributed by atoms with Gasteiger partial charge in [0, 0.05) is 0 Å². The summed E-state index contributed by atoms with van der Waals surface area (Å²) < 4.78 is 0. The van der Waals surface area contributed by atoms with E-state index in [9.17, 15) is 0 Å². The Morgan fingerprint density at radius 1 is 0.938 bits per heavy atom. The van der Waals surface area contributed by atoms with Crippen LogP contribution in [0.3, 0.4) is 0 Å². The lowest BCUT2D eigenvalue weighted by molar-refractivity contribution is 0.743. The van der Waals surface area contributed by atoms with Crippen molar-refractivity contribution in [2.45, 2.75) is 51.4 Å². The van der Waals surface area contributed by atoms with Crippen LogP contribution in [0.15, 0.2) is 42.0 Å². The molecule has 0 nitrogen and oxygen atoms in total. The summed E-state index contributed by atoms with van der Waals surface area (Å²) >= 11 is 0. The van der Waals surface area contributed by atoms with Gasteiger partial charge in [-0.05, 0) is 56.9 Å². The molecule has 1 fully saturated rings. The summed E-state index contributed by atoms with van der Waals surface area (Å²) in [4.78, 5) is 0. The second kappa shape index (κ2) is 6.52. The maximum absolute atomic E-state index is 2.50. The molecule has 0 N–H and O–H groups in total. The Morgan fingerprint density at radius 3 is 2.44 bits per heavy atom. The minimum atomic E-state index is 1.24. The van der Waals surface area contributed by atoms with Gasteiger partial charge in [0.2, 0.25) is 0 Å². The van der Waals surface area contributed by atoms with Gasteiger partial charge in [0.15, 0.2) is 0 Å². The van der Waals surface area contributed by atoms with E-state index in [2.05, 4.69) is 36.4 Å². The van der Waals surface area contributed by atoms with E-state index in [0.29, 0.717) is 0 Å². The topological polar surface area (TPSA) is 0 Å². The van der Waals surface area contributed by atoms with E-state index in [1.807, 2.05) is 0 Å². The minimum Gasteiger partial charge on any atom is -0.0853 e. The quantitative estimate of drug-likeness (QED) is 0.483. The summed E-state index contributed by atoms with van der Waals surface area (Å²) in [6, 6.07) is 10.8. The van der Waals surface area contributed by atoms with Crippen molar-refractivity contribution in [1.29, 1.82) is 0 Å². The van der Waals surface area contributed by atoms with Crippen LogP contribution in [-0.2, 0) is 6.42 Å². The first-order chi connectivity index (χ1) is 7.95. The predicted molar refractivity (Wildman–Crippen MR) is 70.5 cm³/mol. The fourth-order valence-corrected chi connectivity index (χ4v) is 2.46. The highest BCUT2D eigenvalue weighted by Gasteiger charge is 2.04. The molecule has 0 unspecified atom stereocenters. The van der Waals surface area contributed by atoms with Gasteiger partial charge in [-0.1, -0.05) is 42.0 Å². The van der Waals surface area contributed by atoms with Crippen LogP contribution in [0.2, 0.25) is 0 Å².